The molecule has 3 rings (SSSR count). The molecule has 1 unspecified atom stereocenters. The van der Waals surface area contributed by atoms with Gasteiger partial charge in [-0.1, -0.05) is 24.3 Å². The number of ether oxygens (including phenoxy) is 2. The van der Waals surface area contributed by atoms with Gasteiger partial charge in [0.05, 0.1) is 20.3 Å². The molecule has 0 aromatic heterocycles. The molecule has 25 heavy (non-hydrogen) atoms. The van der Waals surface area contributed by atoms with Crippen LogP contribution in [0, 0.1) is 0 Å². The summed E-state index contributed by atoms with van der Waals surface area (Å²) in [6.07, 6.45) is 6.49. The van der Waals surface area contributed by atoms with Crippen molar-refractivity contribution in [2.75, 3.05) is 14.2 Å². The Morgan fingerprint density at radius 2 is 1.84 bits per heavy atom. The fraction of sp³-hybridized carbons (Fsp3) is 0.286. The van der Waals surface area contributed by atoms with Gasteiger partial charge in [-0.25, -0.2) is 0 Å². The minimum atomic E-state index is -0.0940. The first kappa shape index (κ1) is 17.1. The van der Waals surface area contributed by atoms with Gasteiger partial charge in [-0.2, -0.15) is 0 Å². The van der Waals surface area contributed by atoms with E-state index < -0.39 is 0 Å². The summed E-state index contributed by atoms with van der Waals surface area (Å²) in [5.41, 5.74) is 3.43. The topological polar surface area (TPSA) is 47.6 Å². The fourth-order valence-electron chi connectivity index (χ4n) is 3.22. The quantitative estimate of drug-likeness (QED) is 0.842. The third-order valence-corrected chi connectivity index (χ3v) is 4.49. The Morgan fingerprint density at radius 1 is 1.12 bits per heavy atom. The standard InChI is InChI=1S/C21H23NO3/c1-24-17-12-15(13-18(14-17)25-2)10-11-21(23)22-20-9-5-7-16-6-3-4-8-19(16)20/h3-4,6,8,10-14,20H,5,7,9H2,1-2H3,(H,22,23)/b11-10+. The van der Waals surface area contributed by atoms with E-state index in [0.29, 0.717) is 11.5 Å². The molecular formula is C21H23NO3. The number of aryl methyl sites for hydroxylation is 1. The average Bonchev–Trinajstić information content (AvgIpc) is 2.66. The number of fused-ring (bicyclic) bond motifs is 1. The predicted octanol–water partition coefficient (Wildman–Crippen LogP) is 3.91. The van der Waals surface area contributed by atoms with Gasteiger partial charge in [0.25, 0.3) is 0 Å². The van der Waals surface area contributed by atoms with Crippen LogP contribution in [0.25, 0.3) is 6.08 Å². The van der Waals surface area contributed by atoms with Gasteiger partial charge in [0.2, 0.25) is 5.91 Å². The second-order valence-corrected chi connectivity index (χ2v) is 6.13. The Morgan fingerprint density at radius 3 is 2.56 bits per heavy atom. The van der Waals surface area contributed by atoms with Crippen LogP contribution in [0.15, 0.2) is 48.5 Å². The Kier molecular flexibility index (Phi) is 5.39. The molecule has 2 aromatic carbocycles. The van der Waals surface area contributed by atoms with E-state index in [1.54, 1.807) is 32.4 Å². The zero-order valence-electron chi connectivity index (χ0n) is 14.6. The van der Waals surface area contributed by atoms with Crippen LogP contribution >= 0.6 is 0 Å². The lowest BCUT2D eigenvalue weighted by atomic mass is 9.88. The van der Waals surface area contributed by atoms with Crippen LogP contribution in [0.1, 0.15) is 35.6 Å². The van der Waals surface area contributed by atoms with Crippen molar-refractivity contribution in [1.29, 1.82) is 0 Å². The fourth-order valence-corrected chi connectivity index (χ4v) is 3.22. The molecule has 0 spiro atoms. The monoisotopic (exact) mass is 337 g/mol. The second-order valence-electron chi connectivity index (χ2n) is 6.13. The largest absolute Gasteiger partial charge is 0.497 e. The molecule has 1 atom stereocenters. The molecule has 1 N–H and O–H groups in total. The maximum absolute atomic E-state index is 12.3. The highest BCUT2D eigenvalue weighted by atomic mass is 16.5. The smallest absolute Gasteiger partial charge is 0.244 e. The SMILES string of the molecule is COc1cc(/C=C/C(=O)NC2CCCc3ccccc32)cc(OC)c1. The van der Waals surface area contributed by atoms with Crippen LogP contribution in [-0.2, 0) is 11.2 Å². The van der Waals surface area contributed by atoms with Crippen molar-refractivity contribution in [3.63, 3.8) is 0 Å². The van der Waals surface area contributed by atoms with Crippen molar-refractivity contribution in [3.05, 3.63) is 65.2 Å². The summed E-state index contributed by atoms with van der Waals surface area (Å²) >= 11 is 0. The maximum atomic E-state index is 12.3. The lowest BCUT2D eigenvalue weighted by molar-refractivity contribution is -0.117. The van der Waals surface area contributed by atoms with E-state index in [-0.39, 0.29) is 11.9 Å². The van der Waals surface area contributed by atoms with Crippen LogP contribution in [0.4, 0.5) is 0 Å². The molecule has 0 heterocycles. The Labute approximate surface area is 148 Å². The maximum Gasteiger partial charge on any atom is 0.244 e. The van der Waals surface area contributed by atoms with Crippen molar-refractivity contribution in [3.8, 4) is 11.5 Å². The van der Waals surface area contributed by atoms with Crippen molar-refractivity contribution >= 4 is 12.0 Å². The lowest BCUT2D eigenvalue weighted by Crippen LogP contribution is -2.29. The second kappa shape index (κ2) is 7.88. The number of benzene rings is 2. The molecule has 1 aliphatic rings. The number of nitrogens with one attached hydrogen (secondary N) is 1. The third-order valence-electron chi connectivity index (χ3n) is 4.49. The molecule has 0 radical (unpaired) electrons. The van der Waals surface area contributed by atoms with Gasteiger partial charge in [0.1, 0.15) is 11.5 Å². The van der Waals surface area contributed by atoms with E-state index in [4.69, 9.17) is 9.47 Å². The average molecular weight is 337 g/mol. The van der Waals surface area contributed by atoms with Gasteiger partial charge in [0.15, 0.2) is 0 Å². The number of carbonyl (C=O) groups is 1. The predicted molar refractivity (Wildman–Crippen MR) is 98.8 cm³/mol. The zero-order valence-corrected chi connectivity index (χ0v) is 14.6. The summed E-state index contributed by atoms with van der Waals surface area (Å²) in [4.78, 5) is 12.3. The van der Waals surface area contributed by atoms with E-state index in [2.05, 4.69) is 23.5 Å². The highest BCUT2D eigenvalue weighted by Crippen LogP contribution is 2.29. The van der Waals surface area contributed by atoms with Gasteiger partial charge in [-0.05, 0) is 54.2 Å². The normalized spacial score (nSPS) is 16.3. The molecule has 0 aliphatic heterocycles. The molecule has 0 bridgehead atoms. The number of hydrogen-bond donors (Lipinski definition) is 1. The summed E-state index contributed by atoms with van der Waals surface area (Å²) in [5.74, 6) is 1.30. The van der Waals surface area contributed by atoms with E-state index in [9.17, 15) is 4.79 Å². The summed E-state index contributed by atoms with van der Waals surface area (Å²) in [6.45, 7) is 0. The number of rotatable bonds is 5. The Bertz CT molecular complexity index is 760. The molecule has 0 saturated heterocycles. The minimum Gasteiger partial charge on any atom is -0.497 e. The first-order chi connectivity index (χ1) is 12.2. The van der Waals surface area contributed by atoms with E-state index in [1.165, 1.54) is 11.1 Å². The van der Waals surface area contributed by atoms with Crippen LogP contribution in [0.2, 0.25) is 0 Å². The zero-order chi connectivity index (χ0) is 17.6. The van der Waals surface area contributed by atoms with Gasteiger partial charge in [-0.3, -0.25) is 4.79 Å². The third kappa shape index (κ3) is 4.21. The lowest BCUT2D eigenvalue weighted by Gasteiger charge is -2.25. The van der Waals surface area contributed by atoms with Gasteiger partial charge >= 0.3 is 0 Å². The van der Waals surface area contributed by atoms with Crippen molar-refractivity contribution < 1.29 is 14.3 Å². The van der Waals surface area contributed by atoms with Crippen molar-refractivity contribution in [2.45, 2.75) is 25.3 Å². The molecule has 130 valence electrons. The summed E-state index contributed by atoms with van der Waals surface area (Å²) in [6, 6.07) is 13.9. The molecule has 1 aliphatic carbocycles. The highest BCUT2D eigenvalue weighted by Gasteiger charge is 2.20. The van der Waals surface area contributed by atoms with Gasteiger partial charge in [-0.15, -0.1) is 0 Å². The van der Waals surface area contributed by atoms with Crippen LogP contribution in [-0.4, -0.2) is 20.1 Å². The molecule has 0 saturated carbocycles. The molecule has 4 heteroatoms. The number of carbonyl (C=O) groups excluding carboxylic acids is 1. The van der Waals surface area contributed by atoms with Gasteiger partial charge in [0, 0.05) is 12.1 Å². The number of amides is 1. The molecular weight excluding hydrogens is 314 g/mol. The first-order valence-corrected chi connectivity index (χ1v) is 8.49. The molecule has 4 nitrogen and oxygen atoms in total. The Hall–Kier alpha value is -2.75. The van der Waals surface area contributed by atoms with E-state index in [0.717, 1.165) is 24.8 Å². The number of methoxy groups -OCH3 is 2. The summed E-state index contributed by atoms with van der Waals surface area (Å²) < 4.78 is 10.5. The van der Waals surface area contributed by atoms with Crippen LogP contribution in [0.5, 0.6) is 11.5 Å². The first-order valence-electron chi connectivity index (χ1n) is 8.49. The minimum absolute atomic E-state index is 0.0851. The number of hydrogen-bond acceptors (Lipinski definition) is 3. The van der Waals surface area contributed by atoms with E-state index in [1.807, 2.05) is 18.2 Å². The summed E-state index contributed by atoms with van der Waals surface area (Å²) in [7, 11) is 3.21. The summed E-state index contributed by atoms with van der Waals surface area (Å²) in [5, 5.41) is 3.11. The van der Waals surface area contributed by atoms with Gasteiger partial charge < -0.3 is 14.8 Å². The van der Waals surface area contributed by atoms with Crippen molar-refractivity contribution in [1.82, 2.24) is 5.32 Å². The molecule has 0 fully saturated rings. The highest BCUT2D eigenvalue weighted by molar-refractivity contribution is 5.92. The van der Waals surface area contributed by atoms with E-state index >= 15 is 0 Å². The van der Waals surface area contributed by atoms with Crippen molar-refractivity contribution in [2.24, 2.45) is 0 Å². The van der Waals surface area contributed by atoms with Crippen LogP contribution < -0.4 is 14.8 Å². The van der Waals surface area contributed by atoms with Crippen LogP contribution in [0.3, 0.4) is 0 Å². The molecule has 1 amide bonds. The Balaban J connectivity index is 1.70. The molecule has 2 aromatic rings.